The van der Waals surface area contributed by atoms with E-state index in [-0.39, 0.29) is 17.0 Å². The van der Waals surface area contributed by atoms with Gasteiger partial charge in [-0.05, 0) is 35.9 Å². The molecule has 1 amide bonds. The lowest BCUT2D eigenvalue weighted by atomic mass is 10.0. The van der Waals surface area contributed by atoms with Gasteiger partial charge in [-0.3, -0.25) is 9.59 Å². The summed E-state index contributed by atoms with van der Waals surface area (Å²) in [4.78, 5) is 23.7. The van der Waals surface area contributed by atoms with E-state index in [1.807, 2.05) is 0 Å². The summed E-state index contributed by atoms with van der Waals surface area (Å²) in [5.74, 6) is -1.42. The molecule has 0 aliphatic rings. The molecule has 0 heterocycles. The van der Waals surface area contributed by atoms with E-state index in [0.717, 1.165) is 12.1 Å². The lowest BCUT2D eigenvalue weighted by molar-refractivity contribution is -0.137. The lowest BCUT2D eigenvalue weighted by Crippen LogP contribution is -2.30. The van der Waals surface area contributed by atoms with Crippen LogP contribution in [0.15, 0.2) is 36.4 Å². The van der Waals surface area contributed by atoms with E-state index in [1.165, 1.54) is 20.3 Å². The Labute approximate surface area is 154 Å². The Hall–Kier alpha value is -2.80. The summed E-state index contributed by atoms with van der Waals surface area (Å²) in [6.07, 6.45) is -0.361. The number of rotatable bonds is 7. The molecule has 0 saturated carbocycles. The van der Waals surface area contributed by atoms with E-state index in [4.69, 9.17) is 26.2 Å². The summed E-state index contributed by atoms with van der Waals surface area (Å²) in [6.45, 7) is 0. The maximum Gasteiger partial charge on any atom is 0.305 e. The molecule has 138 valence electrons. The second kappa shape index (κ2) is 8.53. The minimum atomic E-state index is -1.10. The van der Waals surface area contributed by atoms with Gasteiger partial charge in [0.25, 0.3) is 5.91 Å². The molecule has 0 spiro atoms. The van der Waals surface area contributed by atoms with Crippen LogP contribution in [0.25, 0.3) is 0 Å². The number of nitrogens with one attached hydrogen (secondary N) is 1. The molecule has 8 heteroatoms. The second-order valence-corrected chi connectivity index (χ2v) is 5.77. The quantitative estimate of drug-likeness (QED) is 0.767. The molecule has 0 aliphatic heterocycles. The highest BCUT2D eigenvalue weighted by atomic mass is 35.5. The Balaban J connectivity index is 2.32. The number of hydrogen-bond acceptors (Lipinski definition) is 4. The van der Waals surface area contributed by atoms with Crippen molar-refractivity contribution < 1.29 is 28.6 Å². The third kappa shape index (κ3) is 4.64. The van der Waals surface area contributed by atoms with Crippen LogP contribution in [0.4, 0.5) is 4.39 Å². The maximum absolute atomic E-state index is 13.1. The van der Waals surface area contributed by atoms with Crippen molar-refractivity contribution in [1.82, 2.24) is 5.32 Å². The fourth-order valence-corrected chi connectivity index (χ4v) is 2.66. The van der Waals surface area contributed by atoms with Gasteiger partial charge in [0.15, 0.2) is 11.5 Å². The number of hydrogen-bond donors (Lipinski definition) is 2. The zero-order chi connectivity index (χ0) is 19.3. The Kier molecular flexibility index (Phi) is 6.41. The van der Waals surface area contributed by atoms with Crippen LogP contribution in [0.1, 0.15) is 28.4 Å². The van der Waals surface area contributed by atoms with Gasteiger partial charge in [0.1, 0.15) is 5.82 Å². The van der Waals surface area contributed by atoms with Crippen molar-refractivity contribution in [2.75, 3.05) is 14.2 Å². The summed E-state index contributed by atoms with van der Waals surface area (Å²) < 4.78 is 23.5. The molecule has 2 N–H and O–H groups in total. The first kappa shape index (κ1) is 19.5. The number of carboxylic acids is 1. The molecule has 0 saturated heterocycles. The number of ether oxygens (including phenoxy) is 2. The molecule has 0 unspecified atom stereocenters. The minimum absolute atomic E-state index is 0.0453. The summed E-state index contributed by atoms with van der Waals surface area (Å²) in [6, 6.07) is 7.32. The van der Waals surface area contributed by atoms with Crippen molar-refractivity contribution in [2.45, 2.75) is 12.5 Å². The predicted octanol–water partition coefficient (Wildman–Crippen LogP) is 3.44. The number of carbonyl (C=O) groups is 2. The van der Waals surface area contributed by atoms with Gasteiger partial charge in [0, 0.05) is 0 Å². The summed E-state index contributed by atoms with van der Waals surface area (Å²) in [5.41, 5.74) is 0.556. The number of carboxylic acid groups (broad SMARTS) is 1. The average Bonchev–Trinajstić information content (AvgIpc) is 2.59. The zero-order valence-electron chi connectivity index (χ0n) is 14.1. The van der Waals surface area contributed by atoms with Crippen LogP contribution in [0.5, 0.6) is 11.5 Å². The van der Waals surface area contributed by atoms with Crippen molar-refractivity contribution in [3.63, 3.8) is 0 Å². The zero-order valence-corrected chi connectivity index (χ0v) is 14.8. The summed E-state index contributed by atoms with van der Waals surface area (Å²) in [5, 5.41) is 11.7. The summed E-state index contributed by atoms with van der Waals surface area (Å²) in [7, 11) is 2.93. The number of amides is 1. The van der Waals surface area contributed by atoms with Crippen molar-refractivity contribution in [2.24, 2.45) is 0 Å². The third-order valence-corrected chi connectivity index (χ3v) is 3.98. The molecule has 6 nitrogen and oxygen atoms in total. The van der Waals surface area contributed by atoms with Crippen LogP contribution >= 0.6 is 11.6 Å². The van der Waals surface area contributed by atoms with Crippen LogP contribution in [-0.2, 0) is 4.79 Å². The highest BCUT2D eigenvalue weighted by molar-refractivity contribution is 6.33. The summed E-state index contributed by atoms with van der Waals surface area (Å²) >= 11 is 5.89. The molecule has 0 aromatic heterocycles. The van der Waals surface area contributed by atoms with E-state index in [2.05, 4.69) is 5.32 Å². The van der Waals surface area contributed by atoms with Crippen molar-refractivity contribution >= 4 is 23.5 Å². The monoisotopic (exact) mass is 381 g/mol. The molecule has 0 aliphatic carbocycles. The van der Waals surface area contributed by atoms with Crippen molar-refractivity contribution in [3.05, 3.63) is 58.4 Å². The largest absolute Gasteiger partial charge is 0.493 e. The van der Waals surface area contributed by atoms with Crippen LogP contribution in [0, 0.1) is 5.82 Å². The number of benzene rings is 2. The Morgan fingerprint density at radius 1 is 1.15 bits per heavy atom. The third-order valence-electron chi connectivity index (χ3n) is 3.67. The highest BCUT2D eigenvalue weighted by Crippen LogP contribution is 2.31. The van der Waals surface area contributed by atoms with Gasteiger partial charge in [-0.25, -0.2) is 4.39 Å². The Morgan fingerprint density at radius 3 is 2.42 bits per heavy atom. The van der Waals surface area contributed by atoms with E-state index in [1.54, 1.807) is 18.2 Å². The SMILES string of the molecule is COc1ccc([C@H](CC(=O)O)NC(=O)c2ccc(F)cc2Cl)cc1OC. The fraction of sp³-hybridized carbons (Fsp3) is 0.222. The average molecular weight is 382 g/mol. The van der Waals surface area contributed by atoms with Gasteiger partial charge in [0.05, 0.1) is 37.3 Å². The van der Waals surface area contributed by atoms with E-state index >= 15 is 0 Å². The van der Waals surface area contributed by atoms with Gasteiger partial charge in [-0.2, -0.15) is 0 Å². The van der Waals surface area contributed by atoms with E-state index in [9.17, 15) is 14.0 Å². The van der Waals surface area contributed by atoms with Gasteiger partial charge in [0.2, 0.25) is 0 Å². The van der Waals surface area contributed by atoms with Gasteiger partial charge >= 0.3 is 5.97 Å². The highest BCUT2D eigenvalue weighted by Gasteiger charge is 2.22. The lowest BCUT2D eigenvalue weighted by Gasteiger charge is -2.19. The van der Waals surface area contributed by atoms with Gasteiger partial charge < -0.3 is 19.9 Å². The van der Waals surface area contributed by atoms with Crippen LogP contribution in [0.2, 0.25) is 5.02 Å². The molecular formula is C18H17ClFNO5. The predicted molar refractivity (Wildman–Crippen MR) is 93.4 cm³/mol. The first-order chi connectivity index (χ1) is 12.3. The standard InChI is InChI=1S/C18H17ClFNO5/c1-25-15-6-3-10(7-16(15)26-2)14(9-17(22)23)21-18(24)12-5-4-11(20)8-13(12)19/h3-8,14H,9H2,1-2H3,(H,21,24)(H,22,23)/t14-/m0/s1. The molecule has 26 heavy (non-hydrogen) atoms. The molecule has 2 aromatic carbocycles. The van der Waals surface area contributed by atoms with Crippen molar-refractivity contribution in [1.29, 1.82) is 0 Å². The van der Waals surface area contributed by atoms with Crippen molar-refractivity contribution in [3.8, 4) is 11.5 Å². The number of methoxy groups -OCH3 is 2. The first-order valence-corrected chi connectivity index (χ1v) is 7.93. The Morgan fingerprint density at radius 2 is 1.85 bits per heavy atom. The first-order valence-electron chi connectivity index (χ1n) is 7.55. The maximum atomic E-state index is 13.1. The van der Waals surface area contributed by atoms with Crippen LogP contribution in [-0.4, -0.2) is 31.2 Å². The molecule has 2 aromatic rings. The minimum Gasteiger partial charge on any atom is -0.493 e. The van der Waals surface area contributed by atoms with E-state index in [0.29, 0.717) is 17.1 Å². The van der Waals surface area contributed by atoms with E-state index < -0.39 is 23.7 Å². The molecule has 0 bridgehead atoms. The smallest absolute Gasteiger partial charge is 0.305 e. The second-order valence-electron chi connectivity index (χ2n) is 5.36. The topological polar surface area (TPSA) is 84.9 Å². The van der Waals surface area contributed by atoms with Gasteiger partial charge in [-0.1, -0.05) is 17.7 Å². The Bertz CT molecular complexity index is 827. The molecule has 1 atom stereocenters. The normalized spacial score (nSPS) is 11.5. The van der Waals surface area contributed by atoms with Gasteiger partial charge in [-0.15, -0.1) is 0 Å². The molecule has 0 fully saturated rings. The number of carbonyl (C=O) groups excluding carboxylic acids is 1. The van der Waals surface area contributed by atoms with Crippen LogP contribution in [0.3, 0.4) is 0 Å². The number of aliphatic carboxylic acids is 1. The molecular weight excluding hydrogens is 365 g/mol. The fourth-order valence-electron chi connectivity index (χ4n) is 2.41. The number of halogens is 2. The molecule has 0 radical (unpaired) electrons. The van der Waals surface area contributed by atoms with Crippen LogP contribution < -0.4 is 14.8 Å². The molecule has 2 rings (SSSR count).